The van der Waals surface area contributed by atoms with Crippen LogP contribution in [-0.2, 0) is 6.54 Å². The Kier molecular flexibility index (Phi) is 9.91. The molecule has 1 aromatic rings. The molecule has 1 atom stereocenters. The van der Waals surface area contributed by atoms with Gasteiger partial charge < -0.3 is 19.5 Å². The summed E-state index contributed by atoms with van der Waals surface area (Å²) in [6.45, 7) is 12.5. The van der Waals surface area contributed by atoms with Crippen molar-refractivity contribution in [3.8, 4) is 11.5 Å². The third-order valence-corrected chi connectivity index (χ3v) is 6.93. The summed E-state index contributed by atoms with van der Waals surface area (Å²) in [5.41, 5.74) is 1.24. The minimum absolute atomic E-state index is 0.274. The van der Waals surface area contributed by atoms with Crippen molar-refractivity contribution in [2.75, 3.05) is 59.5 Å². The fourth-order valence-electron chi connectivity index (χ4n) is 4.94. The Bertz CT molecular complexity index is 639. The van der Waals surface area contributed by atoms with Crippen molar-refractivity contribution in [2.45, 2.75) is 64.6 Å². The standard InChI is InChI=1S/C25H43N3O3/c1-4-26(5-2)19-23(29)20-31-25-17-21(11-12-24(25)30-3)18-27-13-15-28(16-14-27)22-9-7-6-8-10-22/h11-12,17,22-23,29H,4-10,13-16,18-20H2,1-3H3. The van der Waals surface area contributed by atoms with Gasteiger partial charge in [0, 0.05) is 45.3 Å². The van der Waals surface area contributed by atoms with Gasteiger partial charge in [-0.2, -0.15) is 0 Å². The molecule has 1 saturated carbocycles. The average molecular weight is 434 g/mol. The van der Waals surface area contributed by atoms with E-state index in [0.29, 0.717) is 6.54 Å². The Balaban J connectivity index is 1.50. The summed E-state index contributed by atoms with van der Waals surface area (Å²) in [6, 6.07) is 7.02. The minimum Gasteiger partial charge on any atom is -0.493 e. The molecule has 1 heterocycles. The number of aliphatic hydroxyl groups is 1. The number of nitrogens with zero attached hydrogens (tertiary/aromatic N) is 3. The molecule has 0 aromatic heterocycles. The van der Waals surface area contributed by atoms with Crippen molar-refractivity contribution >= 4 is 0 Å². The number of benzene rings is 1. The van der Waals surface area contributed by atoms with Crippen LogP contribution in [0.2, 0.25) is 0 Å². The van der Waals surface area contributed by atoms with Crippen molar-refractivity contribution in [1.29, 1.82) is 0 Å². The van der Waals surface area contributed by atoms with E-state index in [1.54, 1.807) is 7.11 Å². The number of hydrogen-bond acceptors (Lipinski definition) is 6. The van der Waals surface area contributed by atoms with Crippen LogP contribution in [0.5, 0.6) is 11.5 Å². The Morgan fingerprint density at radius 1 is 1.03 bits per heavy atom. The van der Waals surface area contributed by atoms with Crippen LogP contribution in [0, 0.1) is 0 Å². The van der Waals surface area contributed by atoms with Gasteiger partial charge in [-0.25, -0.2) is 0 Å². The molecule has 176 valence electrons. The summed E-state index contributed by atoms with van der Waals surface area (Å²) in [6.07, 6.45) is 6.50. The topological polar surface area (TPSA) is 48.4 Å². The average Bonchev–Trinajstić information content (AvgIpc) is 2.82. The van der Waals surface area contributed by atoms with Crippen LogP contribution in [0.25, 0.3) is 0 Å². The van der Waals surface area contributed by atoms with Crippen LogP contribution in [0.3, 0.4) is 0 Å². The lowest BCUT2D eigenvalue weighted by atomic mass is 9.94. The highest BCUT2D eigenvalue weighted by atomic mass is 16.5. The first kappa shape index (κ1) is 24.3. The third-order valence-electron chi connectivity index (χ3n) is 6.93. The van der Waals surface area contributed by atoms with Gasteiger partial charge in [0.15, 0.2) is 11.5 Å². The molecule has 2 aliphatic rings. The second-order valence-electron chi connectivity index (χ2n) is 9.04. The summed E-state index contributed by atoms with van der Waals surface area (Å²) >= 11 is 0. The molecule has 1 saturated heterocycles. The highest BCUT2D eigenvalue weighted by Crippen LogP contribution is 2.29. The predicted molar refractivity (Wildman–Crippen MR) is 126 cm³/mol. The largest absolute Gasteiger partial charge is 0.493 e. The lowest BCUT2D eigenvalue weighted by Crippen LogP contribution is -2.50. The quantitative estimate of drug-likeness (QED) is 0.578. The SMILES string of the molecule is CCN(CC)CC(O)COc1cc(CN2CCN(C3CCCCC3)CC2)ccc1OC. The maximum absolute atomic E-state index is 10.3. The summed E-state index contributed by atoms with van der Waals surface area (Å²) in [7, 11) is 1.67. The second-order valence-corrected chi connectivity index (χ2v) is 9.04. The second kappa shape index (κ2) is 12.6. The van der Waals surface area contributed by atoms with Crippen molar-refractivity contribution in [2.24, 2.45) is 0 Å². The Morgan fingerprint density at radius 2 is 1.74 bits per heavy atom. The number of ether oxygens (including phenoxy) is 2. The smallest absolute Gasteiger partial charge is 0.161 e. The van der Waals surface area contributed by atoms with E-state index in [-0.39, 0.29) is 6.61 Å². The van der Waals surface area contributed by atoms with E-state index >= 15 is 0 Å². The Hall–Kier alpha value is -1.34. The summed E-state index contributed by atoms with van der Waals surface area (Å²) in [4.78, 5) is 7.46. The molecule has 6 nitrogen and oxygen atoms in total. The van der Waals surface area contributed by atoms with Crippen LogP contribution in [0.15, 0.2) is 18.2 Å². The number of methoxy groups -OCH3 is 1. The molecule has 0 spiro atoms. The Morgan fingerprint density at radius 3 is 2.39 bits per heavy atom. The maximum Gasteiger partial charge on any atom is 0.161 e. The minimum atomic E-state index is -0.513. The molecule has 1 aromatic carbocycles. The van der Waals surface area contributed by atoms with Gasteiger partial charge in [-0.05, 0) is 43.6 Å². The summed E-state index contributed by atoms with van der Waals surface area (Å²) < 4.78 is 11.5. The van der Waals surface area contributed by atoms with E-state index in [1.807, 2.05) is 6.07 Å². The van der Waals surface area contributed by atoms with Crippen LogP contribution in [0.4, 0.5) is 0 Å². The zero-order valence-corrected chi connectivity index (χ0v) is 19.9. The van der Waals surface area contributed by atoms with E-state index in [1.165, 1.54) is 50.8 Å². The van der Waals surface area contributed by atoms with Crippen molar-refractivity contribution < 1.29 is 14.6 Å². The highest BCUT2D eigenvalue weighted by molar-refractivity contribution is 5.43. The fourth-order valence-corrected chi connectivity index (χ4v) is 4.94. The van der Waals surface area contributed by atoms with Crippen molar-refractivity contribution in [3.63, 3.8) is 0 Å². The van der Waals surface area contributed by atoms with E-state index in [9.17, 15) is 5.11 Å². The monoisotopic (exact) mass is 433 g/mol. The van der Waals surface area contributed by atoms with Crippen LogP contribution in [-0.4, -0.2) is 91.5 Å². The molecule has 0 radical (unpaired) electrons. The van der Waals surface area contributed by atoms with Gasteiger partial charge in [0.25, 0.3) is 0 Å². The van der Waals surface area contributed by atoms with Gasteiger partial charge in [-0.1, -0.05) is 39.2 Å². The normalized spacial score (nSPS) is 20.2. The molecule has 31 heavy (non-hydrogen) atoms. The van der Waals surface area contributed by atoms with Crippen molar-refractivity contribution in [3.05, 3.63) is 23.8 Å². The molecule has 1 N–H and O–H groups in total. The van der Waals surface area contributed by atoms with Crippen LogP contribution < -0.4 is 9.47 Å². The van der Waals surface area contributed by atoms with E-state index < -0.39 is 6.10 Å². The maximum atomic E-state index is 10.3. The fraction of sp³-hybridized carbons (Fsp3) is 0.760. The molecule has 2 fully saturated rings. The molecule has 1 aliphatic heterocycles. The number of aliphatic hydroxyl groups excluding tert-OH is 1. The molecular formula is C25H43N3O3. The van der Waals surface area contributed by atoms with Crippen LogP contribution in [0.1, 0.15) is 51.5 Å². The van der Waals surface area contributed by atoms with Gasteiger partial charge in [0.2, 0.25) is 0 Å². The van der Waals surface area contributed by atoms with Gasteiger partial charge in [0.1, 0.15) is 12.7 Å². The number of rotatable bonds is 11. The number of piperazine rings is 1. The van der Waals surface area contributed by atoms with Gasteiger partial charge >= 0.3 is 0 Å². The van der Waals surface area contributed by atoms with E-state index in [2.05, 4.69) is 40.7 Å². The van der Waals surface area contributed by atoms with E-state index in [4.69, 9.17) is 9.47 Å². The first-order chi connectivity index (χ1) is 15.1. The van der Waals surface area contributed by atoms with Gasteiger partial charge in [0.05, 0.1) is 7.11 Å². The zero-order valence-electron chi connectivity index (χ0n) is 19.9. The lowest BCUT2D eigenvalue weighted by Gasteiger charge is -2.40. The molecule has 3 rings (SSSR count). The lowest BCUT2D eigenvalue weighted by molar-refractivity contribution is 0.0700. The molecule has 0 bridgehead atoms. The summed E-state index contributed by atoms with van der Waals surface area (Å²) in [5, 5.41) is 10.3. The highest BCUT2D eigenvalue weighted by Gasteiger charge is 2.25. The zero-order chi connectivity index (χ0) is 22.1. The first-order valence-corrected chi connectivity index (χ1v) is 12.3. The van der Waals surface area contributed by atoms with Crippen molar-refractivity contribution in [1.82, 2.24) is 14.7 Å². The number of likely N-dealkylation sites (N-methyl/N-ethyl adjacent to an activating group) is 1. The van der Waals surface area contributed by atoms with E-state index in [0.717, 1.165) is 50.3 Å². The van der Waals surface area contributed by atoms with Crippen LogP contribution >= 0.6 is 0 Å². The molecule has 0 amide bonds. The predicted octanol–water partition coefficient (Wildman–Crippen LogP) is 3.23. The first-order valence-electron chi connectivity index (χ1n) is 12.3. The Labute approximate surface area is 189 Å². The molecular weight excluding hydrogens is 390 g/mol. The van der Waals surface area contributed by atoms with Gasteiger partial charge in [-0.3, -0.25) is 9.80 Å². The summed E-state index contributed by atoms with van der Waals surface area (Å²) in [5.74, 6) is 1.44. The third kappa shape index (κ3) is 7.35. The molecule has 6 heteroatoms. The van der Waals surface area contributed by atoms with Gasteiger partial charge in [-0.15, -0.1) is 0 Å². The molecule has 1 unspecified atom stereocenters. The number of hydrogen-bond donors (Lipinski definition) is 1. The molecule has 1 aliphatic carbocycles.